The molecule has 0 aliphatic carbocycles. The molecule has 1 atom stereocenters. The van der Waals surface area contributed by atoms with Crippen LogP contribution in [0.2, 0.25) is 5.02 Å². The lowest BCUT2D eigenvalue weighted by molar-refractivity contribution is -0.132. The quantitative estimate of drug-likeness (QED) is 0.259. The normalized spacial score (nSPS) is 17.7. The molecule has 35 heavy (non-hydrogen) atoms. The monoisotopic (exact) mass is 493 g/mol. The van der Waals surface area contributed by atoms with Crippen molar-refractivity contribution in [2.75, 3.05) is 12.0 Å². The van der Waals surface area contributed by atoms with Crippen molar-refractivity contribution in [2.24, 2.45) is 0 Å². The Kier molecular flexibility index (Phi) is 6.43. The molecule has 0 saturated carbocycles. The Morgan fingerprint density at radius 3 is 2.17 bits per heavy atom. The van der Waals surface area contributed by atoms with E-state index in [9.17, 15) is 19.1 Å². The standard InChI is InChI=1S/C28H25ClFNO4/c1-28(2,3)18-9-5-16(6-10-18)24-23(25(32)17-7-12-20(35-4)13-8-17)26(33)27(34)31(24)19-11-14-22(30)21(29)15-19/h5-15,24,32H,1-4H3/b25-23+. The van der Waals surface area contributed by atoms with Crippen LogP contribution >= 0.6 is 11.6 Å². The van der Waals surface area contributed by atoms with E-state index in [0.29, 0.717) is 16.9 Å². The van der Waals surface area contributed by atoms with E-state index in [1.165, 1.54) is 24.1 Å². The average molecular weight is 494 g/mol. The van der Waals surface area contributed by atoms with Gasteiger partial charge in [0.25, 0.3) is 11.7 Å². The van der Waals surface area contributed by atoms with Crippen molar-refractivity contribution in [3.63, 3.8) is 0 Å². The molecule has 1 N–H and O–H groups in total. The maximum atomic E-state index is 13.9. The Hall–Kier alpha value is -3.64. The van der Waals surface area contributed by atoms with Crippen molar-refractivity contribution in [3.8, 4) is 5.75 Å². The molecule has 0 spiro atoms. The second kappa shape index (κ2) is 9.19. The van der Waals surface area contributed by atoms with Crippen LogP contribution in [0.4, 0.5) is 10.1 Å². The van der Waals surface area contributed by atoms with Crippen molar-refractivity contribution in [3.05, 3.63) is 99.8 Å². The summed E-state index contributed by atoms with van der Waals surface area (Å²) in [5.41, 5.74) is 2.12. The molecular weight excluding hydrogens is 469 g/mol. The highest BCUT2D eigenvalue weighted by Crippen LogP contribution is 2.43. The third-order valence-corrected chi connectivity index (χ3v) is 6.37. The number of anilines is 1. The van der Waals surface area contributed by atoms with E-state index in [1.807, 2.05) is 24.3 Å². The van der Waals surface area contributed by atoms with Crippen molar-refractivity contribution in [1.82, 2.24) is 0 Å². The molecule has 3 aromatic carbocycles. The molecule has 0 bridgehead atoms. The topological polar surface area (TPSA) is 66.8 Å². The fraction of sp³-hybridized carbons (Fsp3) is 0.214. The molecule has 1 amide bonds. The summed E-state index contributed by atoms with van der Waals surface area (Å²) in [4.78, 5) is 27.7. The molecule has 1 aliphatic rings. The van der Waals surface area contributed by atoms with Gasteiger partial charge >= 0.3 is 0 Å². The van der Waals surface area contributed by atoms with Gasteiger partial charge in [0.05, 0.1) is 23.7 Å². The zero-order valence-corrected chi connectivity index (χ0v) is 20.6. The van der Waals surface area contributed by atoms with Crippen molar-refractivity contribution >= 4 is 34.7 Å². The van der Waals surface area contributed by atoms with Gasteiger partial charge < -0.3 is 9.84 Å². The van der Waals surface area contributed by atoms with Crippen LogP contribution in [0.5, 0.6) is 5.75 Å². The number of halogens is 2. The number of aliphatic hydroxyl groups is 1. The van der Waals surface area contributed by atoms with Crippen LogP contribution < -0.4 is 9.64 Å². The number of benzene rings is 3. The highest BCUT2D eigenvalue weighted by atomic mass is 35.5. The molecule has 7 heteroatoms. The van der Waals surface area contributed by atoms with Gasteiger partial charge in [-0.3, -0.25) is 14.5 Å². The summed E-state index contributed by atoms with van der Waals surface area (Å²) in [6, 6.07) is 16.9. The first kappa shape index (κ1) is 24.5. The van der Waals surface area contributed by atoms with Gasteiger partial charge in [-0.05, 0) is 59.0 Å². The molecule has 0 radical (unpaired) electrons. The number of aliphatic hydroxyl groups excluding tert-OH is 1. The summed E-state index contributed by atoms with van der Waals surface area (Å²) >= 11 is 5.99. The largest absolute Gasteiger partial charge is 0.507 e. The molecule has 1 fully saturated rings. The number of hydrogen-bond donors (Lipinski definition) is 1. The molecule has 4 rings (SSSR count). The molecule has 180 valence electrons. The SMILES string of the molecule is COc1ccc(/C(O)=C2\C(=O)C(=O)N(c3ccc(F)c(Cl)c3)C2c2ccc(C(C)(C)C)cc2)cc1. The van der Waals surface area contributed by atoms with Crippen LogP contribution in [0.3, 0.4) is 0 Å². The number of ether oxygens (including phenoxy) is 1. The maximum Gasteiger partial charge on any atom is 0.300 e. The van der Waals surface area contributed by atoms with Gasteiger partial charge in [-0.2, -0.15) is 0 Å². The highest BCUT2D eigenvalue weighted by molar-refractivity contribution is 6.51. The molecule has 3 aromatic rings. The second-order valence-corrected chi connectivity index (χ2v) is 9.78. The lowest BCUT2D eigenvalue weighted by Gasteiger charge is -2.27. The number of methoxy groups -OCH3 is 1. The van der Waals surface area contributed by atoms with Crippen LogP contribution in [0.15, 0.2) is 72.3 Å². The molecule has 5 nitrogen and oxygen atoms in total. The van der Waals surface area contributed by atoms with Crippen molar-refractivity contribution in [1.29, 1.82) is 0 Å². The maximum absolute atomic E-state index is 13.9. The Morgan fingerprint density at radius 2 is 1.63 bits per heavy atom. The Bertz CT molecular complexity index is 1320. The smallest absolute Gasteiger partial charge is 0.300 e. The molecule has 1 saturated heterocycles. The van der Waals surface area contributed by atoms with Crippen LogP contribution in [0, 0.1) is 5.82 Å². The Labute approximate surface area is 208 Å². The first-order valence-electron chi connectivity index (χ1n) is 11.0. The molecule has 1 unspecified atom stereocenters. The van der Waals surface area contributed by atoms with E-state index in [0.717, 1.165) is 11.6 Å². The predicted molar refractivity (Wildman–Crippen MR) is 134 cm³/mol. The number of nitrogens with zero attached hydrogens (tertiary/aromatic N) is 1. The van der Waals surface area contributed by atoms with E-state index < -0.39 is 23.5 Å². The van der Waals surface area contributed by atoms with Gasteiger partial charge in [-0.25, -0.2) is 4.39 Å². The van der Waals surface area contributed by atoms with Crippen molar-refractivity contribution in [2.45, 2.75) is 32.2 Å². The van der Waals surface area contributed by atoms with Gasteiger partial charge in [-0.15, -0.1) is 0 Å². The first-order valence-corrected chi connectivity index (χ1v) is 11.4. The van der Waals surface area contributed by atoms with Gasteiger partial charge in [0.1, 0.15) is 17.3 Å². The Balaban J connectivity index is 1.92. The van der Waals surface area contributed by atoms with Crippen LogP contribution in [0.1, 0.15) is 43.5 Å². The number of carbonyl (C=O) groups excluding carboxylic acids is 2. The average Bonchev–Trinajstić information content (AvgIpc) is 3.10. The minimum Gasteiger partial charge on any atom is -0.507 e. The fourth-order valence-corrected chi connectivity index (χ4v) is 4.29. The minimum atomic E-state index is -0.937. The zero-order valence-electron chi connectivity index (χ0n) is 19.8. The van der Waals surface area contributed by atoms with Gasteiger partial charge in [0.15, 0.2) is 0 Å². The lowest BCUT2D eigenvalue weighted by atomic mass is 9.85. The number of Topliss-reactive ketones (excluding diaryl/α,β-unsaturated/α-hetero) is 1. The summed E-state index contributed by atoms with van der Waals surface area (Å²) in [5, 5.41) is 11.0. The molecule has 1 aliphatic heterocycles. The summed E-state index contributed by atoms with van der Waals surface area (Å²) < 4.78 is 19.0. The van der Waals surface area contributed by atoms with Crippen LogP contribution in [0.25, 0.3) is 5.76 Å². The zero-order chi connectivity index (χ0) is 25.5. The van der Waals surface area contributed by atoms with E-state index >= 15 is 0 Å². The van der Waals surface area contributed by atoms with E-state index in [1.54, 1.807) is 24.3 Å². The van der Waals surface area contributed by atoms with Crippen LogP contribution in [-0.2, 0) is 15.0 Å². The summed E-state index contributed by atoms with van der Waals surface area (Å²) in [7, 11) is 1.52. The first-order chi connectivity index (χ1) is 16.5. The summed E-state index contributed by atoms with van der Waals surface area (Å²) in [6.07, 6.45) is 0. The van der Waals surface area contributed by atoms with Gasteiger partial charge in [-0.1, -0.05) is 56.6 Å². The Morgan fingerprint density at radius 1 is 1.00 bits per heavy atom. The molecular formula is C28H25ClFNO4. The van der Waals surface area contributed by atoms with Gasteiger partial charge in [0.2, 0.25) is 0 Å². The fourth-order valence-electron chi connectivity index (χ4n) is 4.12. The number of hydrogen-bond acceptors (Lipinski definition) is 4. The number of rotatable bonds is 4. The summed E-state index contributed by atoms with van der Waals surface area (Å²) in [6.45, 7) is 6.24. The van der Waals surface area contributed by atoms with E-state index in [4.69, 9.17) is 16.3 Å². The van der Waals surface area contributed by atoms with Gasteiger partial charge in [0, 0.05) is 11.3 Å². The number of carbonyl (C=O) groups is 2. The number of ketones is 1. The van der Waals surface area contributed by atoms with E-state index in [-0.39, 0.29) is 27.5 Å². The third-order valence-electron chi connectivity index (χ3n) is 6.08. The highest BCUT2D eigenvalue weighted by Gasteiger charge is 2.47. The minimum absolute atomic E-state index is 0.0656. The van der Waals surface area contributed by atoms with Crippen molar-refractivity contribution < 1.29 is 23.8 Å². The lowest BCUT2D eigenvalue weighted by Crippen LogP contribution is -2.29. The number of amides is 1. The predicted octanol–water partition coefficient (Wildman–Crippen LogP) is 6.41. The summed E-state index contributed by atoms with van der Waals surface area (Å²) in [5.74, 6) is -2.06. The van der Waals surface area contributed by atoms with E-state index in [2.05, 4.69) is 20.8 Å². The molecule has 1 heterocycles. The van der Waals surface area contributed by atoms with Crippen LogP contribution in [-0.4, -0.2) is 23.9 Å². The second-order valence-electron chi connectivity index (χ2n) is 9.37. The third kappa shape index (κ3) is 4.54. The molecule has 0 aromatic heterocycles.